The van der Waals surface area contributed by atoms with E-state index in [4.69, 9.17) is 4.74 Å². The quantitative estimate of drug-likeness (QED) is 0.747. The zero-order chi connectivity index (χ0) is 11.2. The van der Waals surface area contributed by atoms with Gasteiger partial charge in [-0.15, -0.1) is 11.8 Å². The SMILES string of the molecule is CC1(C)CC2(NCCS2)c2ccccc2O1. The van der Waals surface area contributed by atoms with Crippen molar-refractivity contribution in [1.29, 1.82) is 0 Å². The first-order chi connectivity index (χ1) is 7.61. The maximum Gasteiger partial charge on any atom is 0.126 e. The minimum atomic E-state index is -0.0846. The van der Waals surface area contributed by atoms with E-state index in [0.717, 1.165) is 18.7 Å². The minimum absolute atomic E-state index is 0.0817. The summed E-state index contributed by atoms with van der Waals surface area (Å²) in [5.41, 5.74) is 1.23. The summed E-state index contributed by atoms with van der Waals surface area (Å²) >= 11 is 2.02. The van der Waals surface area contributed by atoms with Crippen LogP contribution >= 0.6 is 11.8 Å². The van der Waals surface area contributed by atoms with E-state index in [1.807, 2.05) is 17.8 Å². The number of benzene rings is 1. The first kappa shape index (κ1) is 10.5. The van der Waals surface area contributed by atoms with E-state index in [1.165, 1.54) is 11.3 Å². The molecule has 0 amide bonds. The van der Waals surface area contributed by atoms with Crippen LogP contribution in [0.1, 0.15) is 25.8 Å². The maximum absolute atomic E-state index is 6.05. The predicted molar refractivity (Wildman–Crippen MR) is 67.9 cm³/mol. The fourth-order valence-corrected chi connectivity index (χ4v) is 4.26. The Bertz CT molecular complexity index is 410. The maximum atomic E-state index is 6.05. The molecule has 0 radical (unpaired) electrons. The van der Waals surface area contributed by atoms with E-state index in [0.29, 0.717) is 0 Å². The average Bonchev–Trinajstić information content (AvgIpc) is 2.65. The zero-order valence-corrected chi connectivity index (χ0v) is 10.6. The largest absolute Gasteiger partial charge is 0.487 e. The number of thioether (sulfide) groups is 1. The molecule has 1 unspecified atom stereocenters. The van der Waals surface area contributed by atoms with Gasteiger partial charge in [-0.25, -0.2) is 0 Å². The van der Waals surface area contributed by atoms with Crippen LogP contribution in [0.4, 0.5) is 0 Å². The molecule has 2 nitrogen and oxygen atoms in total. The van der Waals surface area contributed by atoms with Gasteiger partial charge in [0.25, 0.3) is 0 Å². The Balaban J connectivity index is 2.12. The zero-order valence-electron chi connectivity index (χ0n) is 9.75. The number of nitrogens with one attached hydrogen (secondary N) is 1. The van der Waals surface area contributed by atoms with E-state index >= 15 is 0 Å². The van der Waals surface area contributed by atoms with Gasteiger partial charge in [-0.05, 0) is 19.9 Å². The van der Waals surface area contributed by atoms with Crippen LogP contribution in [0.2, 0.25) is 0 Å². The van der Waals surface area contributed by atoms with Crippen molar-refractivity contribution in [3.63, 3.8) is 0 Å². The molecule has 2 aliphatic rings. The molecular weight excluding hydrogens is 218 g/mol. The Labute approximate surface area is 101 Å². The highest BCUT2D eigenvalue weighted by molar-refractivity contribution is 8.00. The van der Waals surface area contributed by atoms with Crippen LogP contribution in [0.5, 0.6) is 5.75 Å². The van der Waals surface area contributed by atoms with Gasteiger partial charge in [0.05, 0.1) is 4.87 Å². The first-order valence-corrected chi connectivity index (χ1v) is 6.77. The van der Waals surface area contributed by atoms with Crippen molar-refractivity contribution < 1.29 is 4.74 Å². The Kier molecular flexibility index (Phi) is 2.23. The summed E-state index contributed by atoms with van der Waals surface area (Å²) in [5.74, 6) is 2.23. The molecule has 2 heterocycles. The molecule has 0 aliphatic carbocycles. The van der Waals surface area contributed by atoms with Gasteiger partial charge in [0, 0.05) is 24.3 Å². The van der Waals surface area contributed by atoms with Crippen LogP contribution in [-0.4, -0.2) is 17.9 Å². The van der Waals surface area contributed by atoms with Crippen molar-refractivity contribution in [2.24, 2.45) is 0 Å². The van der Waals surface area contributed by atoms with Gasteiger partial charge >= 0.3 is 0 Å². The van der Waals surface area contributed by atoms with Crippen molar-refractivity contribution >= 4 is 11.8 Å². The summed E-state index contributed by atoms with van der Waals surface area (Å²) in [7, 11) is 0. The van der Waals surface area contributed by atoms with E-state index in [1.54, 1.807) is 0 Å². The average molecular weight is 235 g/mol. The minimum Gasteiger partial charge on any atom is -0.487 e. The van der Waals surface area contributed by atoms with Gasteiger partial charge in [0.1, 0.15) is 11.4 Å². The van der Waals surface area contributed by atoms with Crippen LogP contribution in [0.25, 0.3) is 0 Å². The smallest absolute Gasteiger partial charge is 0.126 e. The Morgan fingerprint density at radius 2 is 2.12 bits per heavy atom. The molecule has 1 spiro atoms. The molecule has 3 heteroatoms. The number of fused-ring (bicyclic) bond motifs is 2. The molecule has 3 rings (SSSR count). The number of ether oxygens (including phenoxy) is 1. The summed E-state index contributed by atoms with van der Waals surface area (Å²) in [6, 6.07) is 8.42. The van der Waals surface area contributed by atoms with Crippen molar-refractivity contribution in [1.82, 2.24) is 5.32 Å². The highest BCUT2D eigenvalue weighted by Gasteiger charge is 2.47. The lowest BCUT2D eigenvalue weighted by molar-refractivity contribution is 0.0602. The molecule has 1 aromatic rings. The molecule has 0 aromatic heterocycles. The Hall–Kier alpha value is -0.670. The monoisotopic (exact) mass is 235 g/mol. The van der Waals surface area contributed by atoms with E-state index in [-0.39, 0.29) is 10.5 Å². The van der Waals surface area contributed by atoms with Crippen LogP contribution < -0.4 is 10.1 Å². The number of para-hydroxylation sites is 1. The van der Waals surface area contributed by atoms with Crippen LogP contribution in [0.3, 0.4) is 0 Å². The van der Waals surface area contributed by atoms with Crippen molar-refractivity contribution in [2.45, 2.75) is 30.7 Å². The molecule has 1 fully saturated rings. The van der Waals surface area contributed by atoms with E-state index in [9.17, 15) is 0 Å². The number of hydrogen-bond donors (Lipinski definition) is 1. The fraction of sp³-hybridized carbons (Fsp3) is 0.538. The predicted octanol–water partition coefficient (Wildman–Crippen LogP) is 2.74. The molecule has 1 atom stereocenters. The van der Waals surface area contributed by atoms with Crippen molar-refractivity contribution in [3.8, 4) is 5.75 Å². The second-order valence-corrected chi connectivity index (χ2v) is 6.53. The lowest BCUT2D eigenvalue weighted by atomic mass is 9.89. The van der Waals surface area contributed by atoms with Gasteiger partial charge < -0.3 is 4.74 Å². The van der Waals surface area contributed by atoms with Crippen LogP contribution in [0, 0.1) is 0 Å². The molecule has 86 valence electrons. The molecule has 2 aliphatic heterocycles. The van der Waals surface area contributed by atoms with Gasteiger partial charge in [0.15, 0.2) is 0 Å². The standard InChI is InChI=1S/C13H17NOS/c1-12(2)9-13(14-7-8-16-13)10-5-3-4-6-11(10)15-12/h3-6,14H,7-9H2,1-2H3. The summed E-state index contributed by atoms with van der Waals surface area (Å²) in [4.78, 5) is 0.0817. The van der Waals surface area contributed by atoms with Gasteiger partial charge in [-0.2, -0.15) is 0 Å². The molecule has 1 saturated heterocycles. The lowest BCUT2D eigenvalue weighted by Gasteiger charge is -2.43. The summed E-state index contributed by atoms with van der Waals surface area (Å²) in [6.45, 7) is 5.44. The van der Waals surface area contributed by atoms with Crippen molar-refractivity contribution in [3.05, 3.63) is 29.8 Å². The molecule has 1 aromatic carbocycles. The normalized spacial score (nSPS) is 31.1. The van der Waals surface area contributed by atoms with Gasteiger partial charge in [0.2, 0.25) is 0 Å². The first-order valence-electron chi connectivity index (χ1n) is 5.79. The Morgan fingerprint density at radius 1 is 1.31 bits per heavy atom. The molecular formula is C13H17NOS. The topological polar surface area (TPSA) is 21.3 Å². The summed E-state index contributed by atoms with van der Waals surface area (Å²) in [6.07, 6.45) is 1.03. The third-order valence-electron chi connectivity index (χ3n) is 3.24. The van der Waals surface area contributed by atoms with Crippen LogP contribution in [-0.2, 0) is 4.87 Å². The molecule has 1 N–H and O–H groups in total. The molecule has 0 saturated carbocycles. The second-order valence-electron chi connectivity index (χ2n) is 5.14. The molecule has 16 heavy (non-hydrogen) atoms. The summed E-state index contributed by atoms with van der Waals surface area (Å²) < 4.78 is 6.05. The second kappa shape index (κ2) is 3.41. The van der Waals surface area contributed by atoms with E-state index < -0.39 is 0 Å². The summed E-state index contributed by atoms with van der Waals surface area (Å²) in [5, 5.41) is 3.67. The highest BCUT2D eigenvalue weighted by atomic mass is 32.2. The number of hydrogen-bond acceptors (Lipinski definition) is 3. The van der Waals surface area contributed by atoms with E-state index in [2.05, 4.69) is 37.4 Å². The fourth-order valence-electron chi connectivity index (χ4n) is 2.73. The van der Waals surface area contributed by atoms with Gasteiger partial charge in [-0.1, -0.05) is 18.2 Å². The van der Waals surface area contributed by atoms with Crippen molar-refractivity contribution in [2.75, 3.05) is 12.3 Å². The third kappa shape index (κ3) is 1.54. The van der Waals surface area contributed by atoms with Gasteiger partial charge in [-0.3, -0.25) is 5.32 Å². The lowest BCUT2D eigenvalue weighted by Crippen LogP contribution is -2.47. The van der Waals surface area contributed by atoms with Crippen LogP contribution in [0.15, 0.2) is 24.3 Å². The number of rotatable bonds is 0. The Morgan fingerprint density at radius 3 is 2.88 bits per heavy atom. The molecule has 0 bridgehead atoms. The highest BCUT2D eigenvalue weighted by Crippen LogP contribution is 2.51. The third-order valence-corrected chi connectivity index (χ3v) is 4.65.